The molecule has 1 aliphatic rings. The topological polar surface area (TPSA) is 52.7 Å². The lowest BCUT2D eigenvalue weighted by atomic mass is 10.0. The van der Waals surface area contributed by atoms with E-state index in [1.165, 1.54) is 12.1 Å². The van der Waals surface area contributed by atoms with Crippen molar-refractivity contribution in [1.82, 2.24) is 10.2 Å². The summed E-state index contributed by atoms with van der Waals surface area (Å²) in [5.41, 5.74) is 1.48. The number of hydrogen-bond donors (Lipinski definition) is 1. The first kappa shape index (κ1) is 20.3. The Morgan fingerprint density at radius 3 is 2.71 bits per heavy atom. The highest BCUT2D eigenvalue weighted by Crippen LogP contribution is 2.27. The van der Waals surface area contributed by atoms with Crippen LogP contribution in [0.5, 0.6) is 0 Å². The summed E-state index contributed by atoms with van der Waals surface area (Å²) in [6.07, 6.45) is 0.158. The van der Waals surface area contributed by atoms with Crippen LogP contribution in [0.15, 0.2) is 48.5 Å². The highest BCUT2D eigenvalue weighted by molar-refractivity contribution is 6.31. The second-order valence-corrected chi connectivity index (χ2v) is 7.60. The fourth-order valence-corrected chi connectivity index (χ4v) is 3.62. The van der Waals surface area contributed by atoms with Crippen LogP contribution in [-0.4, -0.2) is 43.9 Å². The first-order valence-corrected chi connectivity index (χ1v) is 9.48. The molecule has 148 valence electrons. The van der Waals surface area contributed by atoms with E-state index in [-0.39, 0.29) is 30.1 Å². The average Bonchev–Trinajstić information content (AvgIpc) is 3.03. The van der Waals surface area contributed by atoms with Crippen molar-refractivity contribution in [2.24, 2.45) is 5.92 Å². The Hall–Kier alpha value is -2.44. The van der Waals surface area contributed by atoms with E-state index in [1.807, 2.05) is 25.1 Å². The van der Waals surface area contributed by atoms with Crippen LogP contribution in [0.2, 0.25) is 5.02 Å². The Labute approximate surface area is 169 Å². The number of nitrogens with one attached hydrogen (secondary N) is 1. The summed E-state index contributed by atoms with van der Waals surface area (Å²) in [4.78, 5) is 28.5. The van der Waals surface area contributed by atoms with Crippen LogP contribution in [0.4, 0.5) is 10.1 Å². The minimum Gasteiger partial charge on any atom is -0.354 e. The maximum absolute atomic E-state index is 13.6. The van der Waals surface area contributed by atoms with Gasteiger partial charge in [0.25, 0.3) is 0 Å². The van der Waals surface area contributed by atoms with Crippen LogP contribution in [0.3, 0.4) is 0 Å². The minimum absolute atomic E-state index is 0.100. The summed E-state index contributed by atoms with van der Waals surface area (Å²) < 4.78 is 13.6. The molecule has 2 aromatic rings. The number of rotatable bonds is 6. The van der Waals surface area contributed by atoms with Gasteiger partial charge in [0, 0.05) is 30.2 Å². The summed E-state index contributed by atoms with van der Waals surface area (Å²) in [7, 11) is 3.75. The van der Waals surface area contributed by atoms with Crippen LogP contribution < -0.4 is 10.2 Å². The number of anilines is 1. The number of amides is 2. The van der Waals surface area contributed by atoms with E-state index in [0.29, 0.717) is 23.8 Å². The van der Waals surface area contributed by atoms with E-state index in [9.17, 15) is 14.0 Å². The molecule has 2 atom stereocenters. The molecule has 2 aromatic carbocycles. The van der Waals surface area contributed by atoms with Gasteiger partial charge in [0.1, 0.15) is 5.82 Å². The molecule has 0 saturated carbocycles. The monoisotopic (exact) mass is 403 g/mol. The molecular formula is C21H23ClFN3O2. The Morgan fingerprint density at radius 1 is 1.29 bits per heavy atom. The summed E-state index contributed by atoms with van der Waals surface area (Å²) >= 11 is 6.00. The predicted octanol–water partition coefficient (Wildman–Crippen LogP) is 3.25. The zero-order chi connectivity index (χ0) is 20.3. The number of benzene rings is 2. The predicted molar refractivity (Wildman–Crippen MR) is 108 cm³/mol. The second kappa shape index (κ2) is 8.71. The molecule has 0 bridgehead atoms. The number of halogens is 2. The Bertz CT molecular complexity index is 874. The van der Waals surface area contributed by atoms with Gasteiger partial charge in [-0.2, -0.15) is 0 Å². The van der Waals surface area contributed by atoms with E-state index in [2.05, 4.69) is 5.32 Å². The van der Waals surface area contributed by atoms with Gasteiger partial charge >= 0.3 is 0 Å². The van der Waals surface area contributed by atoms with Gasteiger partial charge in [-0.3, -0.25) is 9.59 Å². The third-order valence-electron chi connectivity index (χ3n) is 4.94. The lowest BCUT2D eigenvalue weighted by molar-refractivity contribution is -0.126. The number of nitrogens with zero attached hydrogens (tertiary/aromatic N) is 2. The van der Waals surface area contributed by atoms with E-state index < -0.39 is 5.92 Å². The fraction of sp³-hybridized carbons (Fsp3) is 0.333. The van der Waals surface area contributed by atoms with Crippen molar-refractivity contribution < 1.29 is 14.0 Å². The number of hydrogen-bond acceptors (Lipinski definition) is 3. The van der Waals surface area contributed by atoms with Gasteiger partial charge in [0.05, 0.1) is 12.0 Å². The van der Waals surface area contributed by atoms with Gasteiger partial charge in [-0.05, 0) is 50.0 Å². The smallest absolute Gasteiger partial charge is 0.227 e. The quantitative estimate of drug-likeness (QED) is 0.805. The summed E-state index contributed by atoms with van der Waals surface area (Å²) in [6, 6.07) is 13.2. The van der Waals surface area contributed by atoms with Gasteiger partial charge < -0.3 is 15.1 Å². The average molecular weight is 404 g/mol. The molecule has 28 heavy (non-hydrogen) atoms. The first-order valence-electron chi connectivity index (χ1n) is 9.10. The molecule has 7 heteroatoms. The number of carbonyl (C=O) groups is 2. The van der Waals surface area contributed by atoms with Gasteiger partial charge in [-0.25, -0.2) is 4.39 Å². The third-order valence-corrected chi connectivity index (χ3v) is 5.18. The minimum atomic E-state index is -0.429. The number of likely N-dealkylation sites (N-methyl/N-ethyl adjacent to an activating group) is 1. The first-order chi connectivity index (χ1) is 13.3. The molecule has 1 aliphatic heterocycles. The molecule has 5 nitrogen and oxygen atoms in total. The van der Waals surface area contributed by atoms with Crippen molar-refractivity contribution in [3.05, 3.63) is 64.9 Å². The fourth-order valence-electron chi connectivity index (χ4n) is 3.43. The van der Waals surface area contributed by atoms with Crippen molar-refractivity contribution in [3.8, 4) is 0 Å². The second-order valence-electron chi connectivity index (χ2n) is 7.16. The molecule has 1 N–H and O–H groups in total. The Kier molecular flexibility index (Phi) is 6.31. The lowest BCUT2D eigenvalue weighted by Crippen LogP contribution is -2.38. The maximum atomic E-state index is 13.6. The molecule has 0 aromatic heterocycles. The molecule has 0 aliphatic carbocycles. The Morgan fingerprint density at radius 2 is 2.04 bits per heavy atom. The molecule has 1 fully saturated rings. The van der Waals surface area contributed by atoms with E-state index in [4.69, 9.17) is 11.6 Å². The van der Waals surface area contributed by atoms with Crippen molar-refractivity contribution in [3.63, 3.8) is 0 Å². The molecule has 3 rings (SSSR count). The standard InChI is InChI=1S/C21H23ClFN3O2/c1-25(2)19(14-5-3-7-17(23)9-14)12-24-21(28)15-10-20(27)26(13-15)18-8-4-6-16(22)11-18/h3-9,11,15,19H,10,12-13H2,1-2H3,(H,24,28)/t15-,19+/m1/s1. The molecule has 1 heterocycles. The molecule has 2 amide bonds. The summed E-state index contributed by atoms with van der Waals surface area (Å²) in [6.45, 7) is 0.648. The molecule has 0 radical (unpaired) electrons. The summed E-state index contributed by atoms with van der Waals surface area (Å²) in [5.74, 6) is -1.02. The van der Waals surface area contributed by atoms with Crippen LogP contribution in [0.25, 0.3) is 0 Å². The van der Waals surface area contributed by atoms with Crippen molar-refractivity contribution >= 4 is 29.1 Å². The molecule has 1 saturated heterocycles. The van der Waals surface area contributed by atoms with Gasteiger partial charge in [-0.15, -0.1) is 0 Å². The van der Waals surface area contributed by atoms with Crippen molar-refractivity contribution in [2.75, 3.05) is 32.1 Å². The molecular weight excluding hydrogens is 381 g/mol. The van der Waals surface area contributed by atoms with Crippen LogP contribution >= 0.6 is 11.6 Å². The van der Waals surface area contributed by atoms with E-state index in [0.717, 1.165) is 5.56 Å². The zero-order valence-corrected chi connectivity index (χ0v) is 16.6. The zero-order valence-electron chi connectivity index (χ0n) is 15.9. The molecule has 0 unspecified atom stereocenters. The van der Waals surface area contributed by atoms with Crippen LogP contribution in [0.1, 0.15) is 18.0 Å². The summed E-state index contributed by atoms with van der Waals surface area (Å²) in [5, 5.41) is 3.46. The third kappa shape index (κ3) is 4.69. The molecule has 0 spiro atoms. The van der Waals surface area contributed by atoms with Gasteiger partial charge in [0.2, 0.25) is 11.8 Å². The number of carbonyl (C=O) groups excluding carboxylic acids is 2. The van der Waals surface area contributed by atoms with Crippen molar-refractivity contribution in [1.29, 1.82) is 0 Å². The lowest BCUT2D eigenvalue weighted by Gasteiger charge is -2.25. The van der Waals surface area contributed by atoms with Crippen LogP contribution in [0, 0.1) is 11.7 Å². The largest absolute Gasteiger partial charge is 0.354 e. The van der Waals surface area contributed by atoms with Gasteiger partial charge in [-0.1, -0.05) is 29.8 Å². The Balaban J connectivity index is 1.63. The maximum Gasteiger partial charge on any atom is 0.227 e. The SMILES string of the molecule is CN(C)[C@@H](CNC(=O)[C@@H]1CC(=O)N(c2cccc(Cl)c2)C1)c1cccc(F)c1. The normalized spacial score (nSPS) is 17.8. The van der Waals surface area contributed by atoms with Gasteiger partial charge in [0.15, 0.2) is 0 Å². The van der Waals surface area contributed by atoms with Crippen LogP contribution in [-0.2, 0) is 9.59 Å². The van der Waals surface area contributed by atoms with E-state index >= 15 is 0 Å². The highest BCUT2D eigenvalue weighted by atomic mass is 35.5. The highest BCUT2D eigenvalue weighted by Gasteiger charge is 2.35. The van der Waals surface area contributed by atoms with Crippen molar-refractivity contribution in [2.45, 2.75) is 12.5 Å². The van der Waals surface area contributed by atoms with E-state index in [1.54, 1.807) is 35.2 Å².